The third-order valence-electron chi connectivity index (χ3n) is 1.06. The minimum atomic E-state index is -0.963. The molecule has 0 rings (SSSR count). The Labute approximate surface area is 68.1 Å². The Bertz CT molecular complexity index is 118. The largest absolute Gasteiger partial charge is 0.506 e. The van der Waals surface area contributed by atoms with Crippen molar-refractivity contribution in [3.05, 3.63) is 11.7 Å². The molecular formula is C6H11BrO3. The summed E-state index contributed by atoms with van der Waals surface area (Å²) in [5.41, 5.74) is 0. The molecule has 0 saturated heterocycles. The molecule has 0 amide bonds. The predicted molar refractivity (Wildman–Crippen MR) is 42.6 cm³/mol. The molecule has 10 heavy (non-hydrogen) atoms. The topological polar surface area (TPSA) is 60.7 Å². The van der Waals surface area contributed by atoms with Crippen molar-refractivity contribution in [2.75, 3.05) is 5.33 Å². The zero-order valence-corrected chi connectivity index (χ0v) is 7.13. The van der Waals surface area contributed by atoms with Crippen LogP contribution >= 0.6 is 15.9 Å². The van der Waals surface area contributed by atoms with Gasteiger partial charge in [0, 0.05) is 11.8 Å². The average Bonchev–Trinajstić information content (AvgIpc) is 1.88. The van der Waals surface area contributed by atoms with Crippen molar-refractivity contribution >= 4 is 15.9 Å². The van der Waals surface area contributed by atoms with Gasteiger partial charge >= 0.3 is 5.95 Å². The summed E-state index contributed by atoms with van der Waals surface area (Å²) in [5.74, 6) is -1.30. The van der Waals surface area contributed by atoms with Crippen LogP contribution in [-0.4, -0.2) is 20.6 Å². The number of aliphatic hydroxyl groups excluding tert-OH is 2. The van der Waals surface area contributed by atoms with E-state index in [2.05, 4.69) is 15.9 Å². The lowest BCUT2D eigenvalue weighted by molar-refractivity contribution is 0.153. The number of rotatable bonds is 4. The lowest BCUT2D eigenvalue weighted by Crippen LogP contribution is -1.89. The van der Waals surface area contributed by atoms with Gasteiger partial charge in [0.2, 0.25) is 0 Å². The molecule has 0 fully saturated rings. The number of alkyl halides is 1. The average molecular weight is 211 g/mol. The Hall–Kier alpha value is -0.380. The van der Waals surface area contributed by atoms with Gasteiger partial charge in [-0.15, -0.1) is 0 Å². The van der Waals surface area contributed by atoms with Crippen LogP contribution in [0.5, 0.6) is 0 Å². The minimum absolute atomic E-state index is 0.327. The molecule has 0 bridgehead atoms. The van der Waals surface area contributed by atoms with Gasteiger partial charge in [-0.25, -0.2) is 0 Å². The molecule has 4 heteroatoms. The molecule has 0 aliphatic carbocycles. The summed E-state index contributed by atoms with van der Waals surface area (Å²) >= 11 is 3.21. The molecule has 0 aliphatic rings. The summed E-state index contributed by atoms with van der Waals surface area (Å²) in [6, 6.07) is 0. The molecule has 0 aliphatic heterocycles. The molecule has 3 N–H and O–H groups in total. The second-order valence-electron chi connectivity index (χ2n) is 1.92. The smallest absolute Gasteiger partial charge is 0.313 e. The van der Waals surface area contributed by atoms with E-state index in [0.717, 1.165) is 18.2 Å². The van der Waals surface area contributed by atoms with E-state index in [1.807, 2.05) is 0 Å². The molecule has 60 valence electrons. The van der Waals surface area contributed by atoms with Crippen LogP contribution in [0.2, 0.25) is 0 Å². The zero-order valence-electron chi connectivity index (χ0n) is 5.55. The van der Waals surface area contributed by atoms with E-state index in [1.54, 1.807) is 0 Å². The Morgan fingerprint density at radius 3 is 2.10 bits per heavy atom. The fraction of sp³-hybridized carbons (Fsp3) is 0.667. The molecule has 0 aromatic rings. The summed E-state index contributed by atoms with van der Waals surface area (Å²) in [7, 11) is 0. The highest BCUT2D eigenvalue weighted by atomic mass is 79.9. The number of allylic oxidation sites excluding steroid dienone is 1. The molecule has 0 unspecified atom stereocenters. The van der Waals surface area contributed by atoms with Gasteiger partial charge in [-0.2, -0.15) is 0 Å². The van der Waals surface area contributed by atoms with Gasteiger partial charge in [0.1, 0.15) is 0 Å². The second-order valence-corrected chi connectivity index (χ2v) is 2.71. The van der Waals surface area contributed by atoms with E-state index in [9.17, 15) is 0 Å². The van der Waals surface area contributed by atoms with Gasteiger partial charge in [0.05, 0.1) is 0 Å². The molecule has 0 radical (unpaired) electrons. The summed E-state index contributed by atoms with van der Waals surface area (Å²) < 4.78 is 0. The first-order valence-electron chi connectivity index (χ1n) is 3.04. The van der Waals surface area contributed by atoms with E-state index in [1.165, 1.54) is 0 Å². The normalized spacial score (nSPS) is 9.30. The van der Waals surface area contributed by atoms with E-state index >= 15 is 0 Å². The number of hydrogen-bond donors (Lipinski definition) is 3. The van der Waals surface area contributed by atoms with Crippen LogP contribution in [0.15, 0.2) is 11.7 Å². The van der Waals surface area contributed by atoms with Crippen molar-refractivity contribution in [3.63, 3.8) is 0 Å². The zero-order chi connectivity index (χ0) is 7.98. The number of halogens is 1. The van der Waals surface area contributed by atoms with E-state index in [4.69, 9.17) is 15.3 Å². The van der Waals surface area contributed by atoms with Crippen molar-refractivity contribution in [1.82, 2.24) is 0 Å². The first-order valence-corrected chi connectivity index (χ1v) is 4.16. The van der Waals surface area contributed by atoms with Gasteiger partial charge in [0.25, 0.3) is 0 Å². The minimum Gasteiger partial charge on any atom is -0.506 e. The summed E-state index contributed by atoms with van der Waals surface area (Å²) in [6.07, 6.45) is 1.99. The molecule has 0 saturated carbocycles. The molecular weight excluding hydrogens is 200 g/mol. The van der Waals surface area contributed by atoms with Gasteiger partial charge < -0.3 is 15.3 Å². The predicted octanol–water partition coefficient (Wildman–Crippen LogP) is 2.39. The molecule has 0 spiro atoms. The van der Waals surface area contributed by atoms with Gasteiger partial charge in [0.15, 0.2) is 5.76 Å². The quantitative estimate of drug-likeness (QED) is 0.380. The second kappa shape index (κ2) is 5.41. The number of hydrogen-bond acceptors (Lipinski definition) is 3. The highest BCUT2D eigenvalue weighted by Gasteiger charge is 1.99. The lowest BCUT2D eigenvalue weighted by atomic mass is 10.2. The first-order chi connectivity index (χ1) is 4.68. The van der Waals surface area contributed by atoms with Crippen molar-refractivity contribution in [3.8, 4) is 0 Å². The fourth-order valence-corrected chi connectivity index (χ4v) is 0.895. The van der Waals surface area contributed by atoms with E-state index in [0.29, 0.717) is 6.42 Å². The lowest BCUT2D eigenvalue weighted by Gasteiger charge is -1.97. The third kappa shape index (κ3) is 4.49. The fourth-order valence-electron chi connectivity index (χ4n) is 0.499. The Kier molecular flexibility index (Phi) is 5.20. The summed E-state index contributed by atoms with van der Waals surface area (Å²) in [4.78, 5) is 0. The van der Waals surface area contributed by atoms with Gasteiger partial charge in [-0.3, -0.25) is 0 Å². The van der Waals surface area contributed by atoms with E-state index < -0.39 is 5.95 Å². The van der Waals surface area contributed by atoms with Gasteiger partial charge in [-0.05, 0) is 12.8 Å². The van der Waals surface area contributed by atoms with Crippen molar-refractivity contribution in [1.29, 1.82) is 0 Å². The van der Waals surface area contributed by atoms with Crippen LogP contribution < -0.4 is 0 Å². The standard InChI is InChI=1S/C6H11BrO3/c7-4-2-1-3-5(8)6(9)10/h8-10H,1-4H2. The highest BCUT2D eigenvalue weighted by Crippen LogP contribution is 2.06. The Balaban J connectivity index is 3.40. The molecule has 0 aromatic carbocycles. The molecule has 0 heterocycles. The van der Waals surface area contributed by atoms with Crippen molar-refractivity contribution in [2.24, 2.45) is 0 Å². The monoisotopic (exact) mass is 210 g/mol. The maximum absolute atomic E-state index is 8.72. The number of unbranched alkanes of at least 4 members (excludes halogenated alkanes) is 1. The summed E-state index contributed by atoms with van der Waals surface area (Å²) in [5, 5.41) is 26.2. The highest BCUT2D eigenvalue weighted by molar-refractivity contribution is 9.09. The third-order valence-corrected chi connectivity index (χ3v) is 1.62. The van der Waals surface area contributed by atoms with E-state index in [-0.39, 0.29) is 5.76 Å². The summed E-state index contributed by atoms with van der Waals surface area (Å²) in [6.45, 7) is 0. The van der Waals surface area contributed by atoms with Crippen LogP contribution in [0.3, 0.4) is 0 Å². The van der Waals surface area contributed by atoms with Crippen LogP contribution in [0.25, 0.3) is 0 Å². The SMILES string of the molecule is OC(O)=C(O)CCCCBr. The maximum Gasteiger partial charge on any atom is 0.313 e. The van der Waals surface area contributed by atoms with Crippen molar-refractivity contribution in [2.45, 2.75) is 19.3 Å². The Morgan fingerprint density at radius 2 is 1.70 bits per heavy atom. The van der Waals surface area contributed by atoms with Crippen molar-refractivity contribution < 1.29 is 15.3 Å². The van der Waals surface area contributed by atoms with Crippen LogP contribution in [0.4, 0.5) is 0 Å². The van der Waals surface area contributed by atoms with Gasteiger partial charge in [-0.1, -0.05) is 15.9 Å². The van der Waals surface area contributed by atoms with Crippen LogP contribution in [0.1, 0.15) is 19.3 Å². The van der Waals surface area contributed by atoms with Crippen LogP contribution in [0, 0.1) is 0 Å². The Morgan fingerprint density at radius 1 is 1.10 bits per heavy atom. The molecule has 3 nitrogen and oxygen atoms in total. The maximum atomic E-state index is 8.72. The number of aliphatic hydroxyl groups is 3. The van der Waals surface area contributed by atoms with Crippen LogP contribution in [-0.2, 0) is 0 Å². The first kappa shape index (κ1) is 9.62. The molecule has 0 aromatic heterocycles. The molecule has 0 atom stereocenters.